The minimum absolute atomic E-state index is 0.329. The Balaban J connectivity index is 2.03. The molecule has 2 aromatic rings. The lowest BCUT2D eigenvalue weighted by atomic mass is 10.2. The highest BCUT2D eigenvalue weighted by Crippen LogP contribution is 2.22. The summed E-state index contributed by atoms with van der Waals surface area (Å²) in [5.41, 5.74) is 3.69. The summed E-state index contributed by atoms with van der Waals surface area (Å²) in [6.07, 6.45) is 1.56. The molecule has 0 radical (unpaired) electrons. The molecule has 0 aliphatic carbocycles. The molecule has 1 N–H and O–H groups in total. The first-order valence-corrected chi connectivity index (χ1v) is 7.15. The average molecular weight is 372 g/mol. The van der Waals surface area contributed by atoms with Crippen LogP contribution in [0.5, 0.6) is 0 Å². The molecule has 0 aliphatic heterocycles. The second-order valence-corrected chi connectivity index (χ2v) is 5.61. The van der Waals surface area contributed by atoms with Crippen molar-refractivity contribution in [3.05, 3.63) is 68.1 Å². The standard InChI is InChI=1S/C14H9BrCl2N2O/c15-11-3-1-2-9(6-11)8-18-19-14(20)10-4-5-12(16)13(17)7-10/h1-8H,(H,19,20). The normalized spacial score (nSPS) is 10.8. The van der Waals surface area contributed by atoms with Gasteiger partial charge in [-0.25, -0.2) is 5.43 Å². The number of amides is 1. The lowest BCUT2D eigenvalue weighted by Gasteiger charge is -2.01. The van der Waals surface area contributed by atoms with Gasteiger partial charge in [0.15, 0.2) is 0 Å². The van der Waals surface area contributed by atoms with E-state index >= 15 is 0 Å². The van der Waals surface area contributed by atoms with Gasteiger partial charge in [0.2, 0.25) is 0 Å². The van der Waals surface area contributed by atoms with Gasteiger partial charge < -0.3 is 0 Å². The van der Waals surface area contributed by atoms with Crippen molar-refractivity contribution in [2.75, 3.05) is 0 Å². The molecule has 102 valence electrons. The van der Waals surface area contributed by atoms with E-state index in [0.29, 0.717) is 15.6 Å². The third-order valence-electron chi connectivity index (χ3n) is 2.41. The molecule has 20 heavy (non-hydrogen) atoms. The Morgan fingerprint density at radius 2 is 1.95 bits per heavy atom. The van der Waals surface area contributed by atoms with Gasteiger partial charge in [-0.3, -0.25) is 4.79 Å². The highest BCUT2D eigenvalue weighted by atomic mass is 79.9. The number of nitrogens with one attached hydrogen (secondary N) is 1. The third kappa shape index (κ3) is 4.07. The second kappa shape index (κ2) is 6.88. The Morgan fingerprint density at radius 3 is 2.65 bits per heavy atom. The van der Waals surface area contributed by atoms with Gasteiger partial charge >= 0.3 is 0 Å². The Morgan fingerprint density at radius 1 is 1.15 bits per heavy atom. The van der Waals surface area contributed by atoms with Crippen molar-refractivity contribution in [3.63, 3.8) is 0 Å². The molecule has 0 aliphatic rings. The van der Waals surface area contributed by atoms with E-state index in [0.717, 1.165) is 10.0 Å². The van der Waals surface area contributed by atoms with Gasteiger partial charge in [-0.15, -0.1) is 0 Å². The quantitative estimate of drug-likeness (QED) is 0.625. The topological polar surface area (TPSA) is 41.5 Å². The molecule has 1 amide bonds. The van der Waals surface area contributed by atoms with Gasteiger partial charge in [0.1, 0.15) is 0 Å². The van der Waals surface area contributed by atoms with E-state index in [9.17, 15) is 4.79 Å². The molecule has 2 rings (SSSR count). The van der Waals surface area contributed by atoms with Gasteiger partial charge in [-0.05, 0) is 35.9 Å². The number of carbonyl (C=O) groups excluding carboxylic acids is 1. The Bertz CT molecular complexity index is 674. The van der Waals surface area contributed by atoms with Crippen LogP contribution < -0.4 is 5.43 Å². The van der Waals surface area contributed by atoms with Crippen molar-refractivity contribution in [2.45, 2.75) is 0 Å². The van der Waals surface area contributed by atoms with Crippen LogP contribution in [0.3, 0.4) is 0 Å². The number of halogens is 3. The second-order valence-electron chi connectivity index (χ2n) is 3.88. The fraction of sp³-hybridized carbons (Fsp3) is 0. The van der Waals surface area contributed by atoms with Gasteiger partial charge in [0, 0.05) is 10.0 Å². The highest BCUT2D eigenvalue weighted by molar-refractivity contribution is 9.10. The molecule has 0 atom stereocenters. The summed E-state index contributed by atoms with van der Waals surface area (Å²) in [5.74, 6) is -0.352. The molecule has 0 fully saturated rings. The predicted octanol–water partition coefficient (Wildman–Crippen LogP) is 4.52. The van der Waals surface area contributed by atoms with E-state index in [-0.39, 0.29) is 5.91 Å². The van der Waals surface area contributed by atoms with Crippen molar-refractivity contribution in [2.24, 2.45) is 5.10 Å². The van der Waals surface area contributed by atoms with Crippen molar-refractivity contribution in [3.8, 4) is 0 Å². The van der Waals surface area contributed by atoms with E-state index in [4.69, 9.17) is 23.2 Å². The van der Waals surface area contributed by atoms with E-state index in [1.807, 2.05) is 24.3 Å². The van der Waals surface area contributed by atoms with Crippen molar-refractivity contribution >= 4 is 51.3 Å². The summed E-state index contributed by atoms with van der Waals surface area (Å²) in [4.78, 5) is 11.8. The van der Waals surface area contributed by atoms with Crippen LogP contribution in [0.4, 0.5) is 0 Å². The zero-order valence-electron chi connectivity index (χ0n) is 10.1. The number of hydrogen-bond acceptors (Lipinski definition) is 2. The maximum atomic E-state index is 11.8. The molecular formula is C14H9BrCl2N2O. The number of hydrazone groups is 1. The number of rotatable bonds is 3. The first-order valence-electron chi connectivity index (χ1n) is 5.60. The highest BCUT2D eigenvalue weighted by Gasteiger charge is 2.06. The van der Waals surface area contributed by atoms with Gasteiger partial charge in [-0.2, -0.15) is 5.10 Å². The first-order chi connectivity index (χ1) is 9.56. The molecule has 0 saturated carbocycles. The average Bonchev–Trinajstić information content (AvgIpc) is 2.42. The van der Waals surface area contributed by atoms with E-state index in [2.05, 4.69) is 26.5 Å². The minimum Gasteiger partial charge on any atom is -0.267 e. The Kier molecular flexibility index (Phi) is 5.17. The largest absolute Gasteiger partial charge is 0.271 e. The van der Waals surface area contributed by atoms with Crippen LogP contribution in [-0.4, -0.2) is 12.1 Å². The van der Waals surface area contributed by atoms with Crippen molar-refractivity contribution in [1.82, 2.24) is 5.43 Å². The minimum atomic E-state index is -0.352. The molecule has 0 heterocycles. The van der Waals surface area contributed by atoms with Crippen LogP contribution in [0.1, 0.15) is 15.9 Å². The third-order valence-corrected chi connectivity index (χ3v) is 3.64. The van der Waals surface area contributed by atoms with Crippen molar-refractivity contribution < 1.29 is 4.79 Å². The number of hydrogen-bond donors (Lipinski definition) is 1. The maximum absolute atomic E-state index is 11.8. The first kappa shape index (κ1) is 15.0. The molecule has 0 bridgehead atoms. The zero-order valence-corrected chi connectivity index (χ0v) is 13.2. The summed E-state index contributed by atoms with van der Waals surface area (Å²) in [7, 11) is 0. The molecule has 2 aromatic carbocycles. The number of nitrogens with zero attached hydrogens (tertiary/aromatic N) is 1. The van der Waals surface area contributed by atoms with Crippen molar-refractivity contribution in [1.29, 1.82) is 0 Å². The molecule has 0 spiro atoms. The monoisotopic (exact) mass is 370 g/mol. The SMILES string of the molecule is O=C(NN=Cc1cccc(Br)c1)c1ccc(Cl)c(Cl)c1. The number of carbonyl (C=O) groups is 1. The molecular weight excluding hydrogens is 363 g/mol. The predicted molar refractivity (Wildman–Crippen MR) is 85.7 cm³/mol. The van der Waals surface area contributed by atoms with E-state index in [1.165, 1.54) is 6.07 Å². The molecule has 0 unspecified atom stereocenters. The van der Waals surface area contributed by atoms with Gasteiger partial charge in [-0.1, -0.05) is 51.3 Å². The van der Waals surface area contributed by atoms with Crippen LogP contribution in [0.2, 0.25) is 10.0 Å². The summed E-state index contributed by atoms with van der Waals surface area (Å²) in [5, 5.41) is 4.62. The van der Waals surface area contributed by atoms with Crippen LogP contribution in [0.15, 0.2) is 52.0 Å². The van der Waals surface area contributed by atoms with E-state index < -0.39 is 0 Å². The molecule has 0 saturated heterocycles. The van der Waals surface area contributed by atoms with Gasteiger partial charge in [0.05, 0.1) is 16.3 Å². The van der Waals surface area contributed by atoms with Crippen LogP contribution >= 0.6 is 39.1 Å². The fourth-order valence-corrected chi connectivity index (χ4v) is 2.17. The Labute approximate surface area is 134 Å². The smallest absolute Gasteiger partial charge is 0.267 e. The number of benzene rings is 2. The summed E-state index contributed by atoms with van der Waals surface area (Å²) < 4.78 is 0.942. The zero-order chi connectivity index (χ0) is 14.5. The lowest BCUT2D eigenvalue weighted by Crippen LogP contribution is -2.17. The van der Waals surface area contributed by atoms with Gasteiger partial charge in [0.25, 0.3) is 5.91 Å². The van der Waals surface area contributed by atoms with Crippen LogP contribution in [0.25, 0.3) is 0 Å². The van der Waals surface area contributed by atoms with Crippen LogP contribution in [0, 0.1) is 0 Å². The summed E-state index contributed by atoms with van der Waals surface area (Å²) in [6, 6.07) is 12.2. The van der Waals surface area contributed by atoms with Crippen LogP contribution in [-0.2, 0) is 0 Å². The Hall–Kier alpha value is -1.36. The maximum Gasteiger partial charge on any atom is 0.271 e. The van der Waals surface area contributed by atoms with E-state index in [1.54, 1.807) is 18.3 Å². The molecule has 0 aromatic heterocycles. The molecule has 3 nitrogen and oxygen atoms in total. The summed E-state index contributed by atoms with van der Waals surface area (Å²) >= 11 is 15.0. The fourth-order valence-electron chi connectivity index (χ4n) is 1.45. The lowest BCUT2D eigenvalue weighted by molar-refractivity contribution is 0.0955. The molecule has 6 heteroatoms. The summed E-state index contributed by atoms with van der Waals surface area (Å²) in [6.45, 7) is 0.